The van der Waals surface area contributed by atoms with Gasteiger partial charge >= 0.3 is 7.12 Å². The quantitative estimate of drug-likeness (QED) is 0.347. The summed E-state index contributed by atoms with van der Waals surface area (Å²) in [5.41, 5.74) is -0.00116. The standard InChI is InChI=1S/C18H21BClFN4O6/c1-30-10-15(24-17(26)14-9-22-5-6-23-14)18(27)25-16(19(28)29)4-7-31-11-2-3-12(20)13(21)8-11/h2-3,5-6,8-9,15-16,28-29H,4,7,10H2,1H3,(H,24,26)(H,25,27)/t15?,16-/m1/s1. The fraction of sp³-hybridized carbons (Fsp3) is 0.333. The highest BCUT2D eigenvalue weighted by atomic mass is 35.5. The molecule has 2 rings (SSSR count). The third kappa shape index (κ3) is 7.76. The maximum atomic E-state index is 13.4. The second-order valence-corrected chi connectivity index (χ2v) is 6.72. The minimum absolute atomic E-state index is 0.00116. The number of nitrogens with zero attached hydrogens (tertiary/aromatic N) is 2. The maximum Gasteiger partial charge on any atom is 0.475 e. The molecule has 0 aliphatic rings. The number of carbonyl (C=O) groups excluding carboxylic acids is 2. The third-order valence-electron chi connectivity index (χ3n) is 4.03. The van der Waals surface area contributed by atoms with Gasteiger partial charge in [-0.2, -0.15) is 0 Å². The van der Waals surface area contributed by atoms with Crippen molar-refractivity contribution < 1.29 is 33.5 Å². The summed E-state index contributed by atoms with van der Waals surface area (Å²) < 4.78 is 23.8. The molecule has 0 aliphatic heterocycles. The Kier molecular flexibility index (Phi) is 9.60. The lowest BCUT2D eigenvalue weighted by atomic mass is 9.77. The first-order chi connectivity index (χ1) is 14.8. The van der Waals surface area contributed by atoms with E-state index in [0.717, 1.165) is 6.07 Å². The number of hydrogen-bond donors (Lipinski definition) is 4. The Morgan fingerprint density at radius 2 is 2.06 bits per heavy atom. The van der Waals surface area contributed by atoms with E-state index in [2.05, 4.69) is 20.6 Å². The Hall–Kier alpha value is -2.80. The largest absolute Gasteiger partial charge is 0.493 e. The zero-order valence-corrected chi connectivity index (χ0v) is 17.3. The Morgan fingerprint density at radius 3 is 2.68 bits per heavy atom. The summed E-state index contributed by atoms with van der Waals surface area (Å²) in [5.74, 6) is -2.97. The highest BCUT2D eigenvalue weighted by Crippen LogP contribution is 2.20. The van der Waals surface area contributed by atoms with E-state index in [4.69, 9.17) is 21.1 Å². The summed E-state index contributed by atoms with van der Waals surface area (Å²) in [5, 5.41) is 24.0. The van der Waals surface area contributed by atoms with Gasteiger partial charge < -0.3 is 30.2 Å². The van der Waals surface area contributed by atoms with Crippen molar-refractivity contribution >= 4 is 30.5 Å². The van der Waals surface area contributed by atoms with Gasteiger partial charge in [0.05, 0.1) is 30.4 Å². The summed E-state index contributed by atoms with van der Waals surface area (Å²) in [7, 11) is -0.569. The van der Waals surface area contributed by atoms with Crippen molar-refractivity contribution in [2.45, 2.75) is 18.4 Å². The normalized spacial score (nSPS) is 12.5. The molecule has 1 aromatic heterocycles. The number of benzene rings is 1. The minimum atomic E-state index is -1.91. The Bertz CT molecular complexity index is 879. The molecular formula is C18H21BClFN4O6. The molecule has 1 unspecified atom stereocenters. The van der Waals surface area contributed by atoms with Gasteiger partial charge in [0.15, 0.2) is 0 Å². The van der Waals surface area contributed by atoms with Crippen molar-refractivity contribution in [2.24, 2.45) is 0 Å². The summed E-state index contributed by atoms with van der Waals surface area (Å²) in [6, 6.07) is 2.72. The Labute approximate surface area is 182 Å². The average molecular weight is 455 g/mol. The number of hydrogen-bond acceptors (Lipinski definition) is 8. The molecule has 1 heterocycles. The zero-order valence-electron chi connectivity index (χ0n) is 16.5. The van der Waals surface area contributed by atoms with E-state index >= 15 is 0 Å². The summed E-state index contributed by atoms with van der Waals surface area (Å²) in [4.78, 5) is 32.4. The summed E-state index contributed by atoms with van der Waals surface area (Å²) >= 11 is 5.60. The first-order valence-corrected chi connectivity index (χ1v) is 9.49. The zero-order chi connectivity index (χ0) is 22.8. The number of amides is 2. The van der Waals surface area contributed by atoms with Crippen LogP contribution in [0.3, 0.4) is 0 Å². The first-order valence-electron chi connectivity index (χ1n) is 9.12. The lowest BCUT2D eigenvalue weighted by Crippen LogP contribution is -2.55. The van der Waals surface area contributed by atoms with Gasteiger partial charge in [-0.25, -0.2) is 9.37 Å². The van der Waals surface area contributed by atoms with Crippen LogP contribution in [0.2, 0.25) is 5.02 Å². The maximum absolute atomic E-state index is 13.4. The topological polar surface area (TPSA) is 143 Å². The van der Waals surface area contributed by atoms with E-state index in [1.165, 1.54) is 37.8 Å². The van der Waals surface area contributed by atoms with Crippen molar-refractivity contribution in [1.29, 1.82) is 0 Å². The number of ether oxygens (including phenoxy) is 2. The fourth-order valence-electron chi connectivity index (χ4n) is 2.45. The number of carbonyl (C=O) groups is 2. The molecular weight excluding hydrogens is 433 g/mol. The van der Waals surface area contributed by atoms with Crippen LogP contribution in [0.5, 0.6) is 5.75 Å². The van der Waals surface area contributed by atoms with E-state index in [0.29, 0.717) is 0 Å². The molecule has 0 fully saturated rings. The van der Waals surface area contributed by atoms with Gasteiger partial charge in [-0.3, -0.25) is 14.6 Å². The molecule has 166 valence electrons. The predicted octanol–water partition coefficient (Wildman–Crippen LogP) is -0.0202. The first kappa shape index (κ1) is 24.5. The smallest absolute Gasteiger partial charge is 0.475 e. The average Bonchev–Trinajstić information content (AvgIpc) is 2.75. The molecule has 0 radical (unpaired) electrons. The van der Waals surface area contributed by atoms with Crippen molar-refractivity contribution in [3.05, 3.63) is 53.3 Å². The van der Waals surface area contributed by atoms with Crippen molar-refractivity contribution in [3.63, 3.8) is 0 Å². The molecule has 13 heteroatoms. The van der Waals surface area contributed by atoms with Crippen LogP contribution in [0.15, 0.2) is 36.8 Å². The second kappa shape index (κ2) is 12.2. The molecule has 2 atom stereocenters. The Morgan fingerprint density at radius 1 is 1.29 bits per heavy atom. The second-order valence-electron chi connectivity index (χ2n) is 6.31. The monoisotopic (exact) mass is 454 g/mol. The molecule has 0 saturated carbocycles. The number of halogens is 2. The van der Waals surface area contributed by atoms with Gasteiger partial charge in [0.1, 0.15) is 23.3 Å². The van der Waals surface area contributed by atoms with Crippen molar-refractivity contribution in [1.82, 2.24) is 20.6 Å². The highest BCUT2D eigenvalue weighted by Gasteiger charge is 2.29. The lowest BCUT2D eigenvalue weighted by Gasteiger charge is -2.22. The molecule has 0 aliphatic carbocycles. The van der Waals surface area contributed by atoms with Gasteiger partial charge in [0.25, 0.3) is 5.91 Å². The van der Waals surface area contributed by atoms with Crippen molar-refractivity contribution in [2.75, 3.05) is 20.3 Å². The highest BCUT2D eigenvalue weighted by molar-refractivity contribution is 6.43. The number of methoxy groups -OCH3 is 1. The molecule has 0 saturated heterocycles. The summed E-state index contributed by atoms with van der Waals surface area (Å²) in [6.07, 6.45) is 3.93. The molecule has 1 aromatic carbocycles. The van der Waals surface area contributed by atoms with Gasteiger partial charge in [-0.15, -0.1) is 0 Å². The van der Waals surface area contributed by atoms with Crippen LogP contribution in [0.4, 0.5) is 4.39 Å². The number of nitrogens with one attached hydrogen (secondary N) is 2. The molecule has 2 aromatic rings. The van der Waals surface area contributed by atoms with Crippen LogP contribution in [-0.4, -0.2) is 71.3 Å². The minimum Gasteiger partial charge on any atom is -0.493 e. The molecule has 2 amide bonds. The van der Waals surface area contributed by atoms with Gasteiger partial charge in [-0.05, 0) is 12.1 Å². The number of aromatic nitrogens is 2. The van der Waals surface area contributed by atoms with Crippen molar-refractivity contribution in [3.8, 4) is 5.75 Å². The van der Waals surface area contributed by atoms with Crippen LogP contribution in [0.25, 0.3) is 0 Å². The third-order valence-corrected chi connectivity index (χ3v) is 4.33. The van der Waals surface area contributed by atoms with E-state index in [-0.39, 0.29) is 36.1 Å². The van der Waals surface area contributed by atoms with Crippen LogP contribution in [-0.2, 0) is 9.53 Å². The fourth-order valence-corrected chi connectivity index (χ4v) is 2.57. The van der Waals surface area contributed by atoms with E-state index in [1.807, 2.05) is 0 Å². The SMILES string of the molecule is COCC(NC(=O)c1cnccn1)C(=O)N[C@H](CCOc1ccc(Cl)c(F)c1)B(O)O. The van der Waals surface area contributed by atoms with Crippen LogP contribution >= 0.6 is 11.6 Å². The van der Waals surface area contributed by atoms with E-state index in [1.54, 1.807) is 0 Å². The predicted molar refractivity (Wildman–Crippen MR) is 109 cm³/mol. The molecule has 4 N–H and O–H groups in total. The Balaban J connectivity index is 1.94. The van der Waals surface area contributed by atoms with E-state index in [9.17, 15) is 24.0 Å². The number of rotatable bonds is 11. The van der Waals surface area contributed by atoms with Crippen LogP contribution < -0.4 is 15.4 Å². The van der Waals surface area contributed by atoms with Gasteiger partial charge in [0, 0.05) is 32.0 Å². The lowest BCUT2D eigenvalue weighted by molar-refractivity contribution is -0.124. The van der Waals surface area contributed by atoms with Gasteiger partial charge in [-0.1, -0.05) is 11.6 Å². The molecule has 0 spiro atoms. The summed E-state index contributed by atoms with van der Waals surface area (Å²) in [6.45, 7) is -0.239. The molecule has 31 heavy (non-hydrogen) atoms. The van der Waals surface area contributed by atoms with Crippen LogP contribution in [0.1, 0.15) is 16.9 Å². The van der Waals surface area contributed by atoms with Gasteiger partial charge in [0.2, 0.25) is 5.91 Å². The molecule has 0 bridgehead atoms. The molecule has 10 nitrogen and oxygen atoms in total. The van der Waals surface area contributed by atoms with E-state index < -0.39 is 36.7 Å². The van der Waals surface area contributed by atoms with Crippen LogP contribution in [0, 0.1) is 5.82 Å².